The molecule has 0 radical (unpaired) electrons. The summed E-state index contributed by atoms with van der Waals surface area (Å²) < 4.78 is 8.78. The van der Waals surface area contributed by atoms with Gasteiger partial charge in [0.15, 0.2) is 0 Å². The summed E-state index contributed by atoms with van der Waals surface area (Å²) in [6, 6.07) is 9.82. The topological polar surface area (TPSA) is 21.3 Å². The quantitative estimate of drug-likeness (QED) is 0.433. The van der Waals surface area contributed by atoms with Crippen LogP contribution in [-0.2, 0) is 0 Å². The molecule has 0 amide bonds. The molecule has 0 aliphatic heterocycles. The van der Waals surface area contributed by atoms with Crippen molar-refractivity contribution in [2.24, 2.45) is 0 Å². The maximum absolute atomic E-state index is 5.54. The molecular weight excluding hydrogens is 230 g/mol. The SMILES string of the molecule is C=C(C)C(=C)CSNCCOc1ccccc1. The fourth-order valence-corrected chi connectivity index (χ4v) is 1.81. The highest BCUT2D eigenvalue weighted by molar-refractivity contribution is 7.97. The zero-order valence-electron chi connectivity index (χ0n) is 10.2. The van der Waals surface area contributed by atoms with Gasteiger partial charge in [0.2, 0.25) is 0 Å². The fourth-order valence-electron chi connectivity index (χ4n) is 1.06. The Kier molecular flexibility index (Phi) is 6.51. The molecule has 2 nitrogen and oxygen atoms in total. The minimum absolute atomic E-state index is 0.663. The first-order valence-corrected chi connectivity index (χ1v) is 6.55. The number of ether oxygens (including phenoxy) is 1. The van der Waals surface area contributed by atoms with Crippen molar-refractivity contribution in [2.75, 3.05) is 18.9 Å². The van der Waals surface area contributed by atoms with E-state index in [4.69, 9.17) is 4.74 Å². The smallest absolute Gasteiger partial charge is 0.119 e. The fraction of sp³-hybridized carbons (Fsp3) is 0.286. The maximum atomic E-state index is 5.54. The van der Waals surface area contributed by atoms with Gasteiger partial charge in [-0.2, -0.15) is 0 Å². The van der Waals surface area contributed by atoms with Crippen LogP contribution in [0.5, 0.6) is 5.75 Å². The zero-order chi connectivity index (χ0) is 12.5. The van der Waals surface area contributed by atoms with E-state index >= 15 is 0 Å². The molecule has 0 spiro atoms. The van der Waals surface area contributed by atoms with Gasteiger partial charge in [-0.15, -0.1) is 0 Å². The molecular formula is C14H19NOS. The summed E-state index contributed by atoms with van der Waals surface area (Å²) in [4.78, 5) is 0. The van der Waals surface area contributed by atoms with E-state index in [0.29, 0.717) is 6.61 Å². The summed E-state index contributed by atoms with van der Waals surface area (Å²) in [5, 5.41) is 0. The van der Waals surface area contributed by atoms with Gasteiger partial charge in [-0.05, 0) is 24.6 Å². The van der Waals surface area contributed by atoms with Gasteiger partial charge in [0.05, 0.1) is 0 Å². The van der Waals surface area contributed by atoms with E-state index < -0.39 is 0 Å². The van der Waals surface area contributed by atoms with Crippen LogP contribution in [0.15, 0.2) is 54.6 Å². The number of hydrogen-bond donors (Lipinski definition) is 1. The highest BCUT2D eigenvalue weighted by atomic mass is 32.2. The lowest BCUT2D eigenvalue weighted by molar-refractivity contribution is 0.324. The third-order valence-electron chi connectivity index (χ3n) is 2.17. The van der Waals surface area contributed by atoms with Crippen molar-refractivity contribution in [1.82, 2.24) is 4.72 Å². The molecule has 0 aromatic heterocycles. The first-order valence-electron chi connectivity index (χ1n) is 5.56. The Morgan fingerprint density at radius 2 is 2.00 bits per heavy atom. The summed E-state index contributed by atoms with van der Waals surface area (Å²) >= 11 is 1.63. The van der Waals surface area contributed by atoms with Crippen molar-refractivity contribution in [3.63, 3.8) is 0 Å². The van der Waals surface area contributed by atoms with Gasteiger partial charge in [0.1, 0.15) is 12.4 Å². The molecule has 0 atom stereocenters. The van der Waals surface area contributed by atoms with Gasteiger partial charge in [-0.1, -0.05) is 48.9 Å². The second-order valence-electron chi connectivity index (χ2n) is 3.73. The monoisotopic (exact) mass is 249 g/mol. The summed E-state index contributed by atoms with van der Waals surface area (Å²) in [6.07, 6.45) is 0. The van der Waals surface area contributed by atoms with E-state index in [-0.39, 0.29) is 0 Å². The van der Waals surface area contributed by atoms with Crippen molar-refractivity contribution >= 4 is 11.9 Å². The number of rotatable bonds is 8. The number of benzene rings is 1. The Labute approximate surface area is 108 Å². The van der Waals surface area contributed by atoms with Crippen LogP contribution in [0.1, 0.15) is 6.92 Å². The van der Waals surface area contributed by atoms with E-state index in [1.807, 2.05) is 37.3 Å². The number of para-hydroxylation sites is 1. The average Bonchev–Trinajstić information content (AvgIpc) is 2.34. The van der Waals surface area contributed by atoms with Crippen molar-refractivity contribution in [3.05, 3.63) is 54.6 Å². The van der Waals surface area contributed by atoms with Gasteiger partial charge < -0.3 is 4.74 Å². The van der Waals surface area contributed by atoms with Gasteiger partial charge in [0, 0.05) is 12.3 Å². The van der Waals surface area contributed by atoms with Gasteiger partial charge in [-0.25, -0.2) is 0 Å². The average molecular weight is 249 g/mol. The predicted molar refractivity (Wildman–Crippen MR) is 76.4 cm³/mol. The molecule has 0 saturated heterocycles. The first kappa shape index (κ1) is 13.9. The summed E-state index contributed by atoms with van der Waals surface area (Å²) in [7, 11) is 0. The molecule has 0 aliphatic rings. The van der Waals surface area contributed by atoms with Gasteiger partial charge in [0.25, 0.3) is 0 Å². The highest BCUT2D eigenvalue weighted by Crippen LogP contribution is 2.10. The molecule has 1 rings (SSSR count). The van der Waals surface area contributed by atoms with Gasteiger partial charge in [-0.3, -0.25) is 4.72 Å². The second kappa shape index (κ2) is 7.98. The van der Waals surface area contributed by atoms with E-state index in [0.717, 1.165) is 29.2 Å². The van der Waals surface area contributed by atoms with Crippen molar-refractivity contribution < 1.29 is 4.74 Å². The van der Waals surface area contributed by atoms with Crippen LogP contribution in [0.2, 0.25) is 0 Å². The van der Waals surface area contributed by atoms with E-state index in [2.05, 4.69) is 17.9 Å². The molecule has 17 heavy (non-hydrogen) atoms. The van der Waals surface area contributed by atoms with E-state index in [1.54, 1.807) is 11.9 Å². The molecule has 1 aromatic carbocycles. The number of hydrogen-bond acceptors (Lipinski definition) is 3. The van der Waals surface area contributed by atoms with Crippen LogP contribution in [0.25, 0.3) is 0 Å². The molecule has 0 aliphatic carbocycles. The number of nitrogens with one attached hydrogen (secondary N) is 1. The normalized spacial score (nSPS) is 9.94. The van der Waals surface area contributed by atoms with Gasteiger partial charge >= 0.3 is 0 Å². The van der Waals surface area contributed by atoms with Crippen LogP contribution >= 0.6 is 11.9 Å². The van der Waals surface area contributed by atoms with Crippen LogP contribution < -0.4 is 9.46 Å². The molecule has 0 saturated carbocycles. The lowest BCUT2D eigenvalue weighted by atomic mass is 10.2. The summed E-state index contributed by atoms with van der Waals surface area (Å²) in [5.41, 5.74) is 2.12. The molecule has 0 fully saturated rings. The van der Waals surface area contributed by atoms with Crippen LogP contribution in [0.3, 0.4) is 0 Å². The molecule has 0 heterocycles. The van der Waals surface area contributed by atoms with Crippen molar-refractivity contribution in [3.8, 4) is 5.75 Å². The Hall–Kier alpha value is -1.19. The van der Waals surface area contributed by atoms with Crippen LogP contribution in [0.4, 0.5) is 0 Å². The van der Waals surface area contributed by atoms with E-state index in [1.165, 1.54) is 0 Å². The second-order valence-corrected chi connectivity index (χ2v) is 4.59. The van der Waals surface area contributed by atoms with E-state index in [9.17, 15) is 0 Å². The highest BCUT2D eigenvalue weighted by Gasteiger charge is 1.95. The lowest BCUT2D eigenvalue weighted by Crippen LogP contribution is -2.15. The minimum atomic E-state index is 0.663. The molecule has 1 aromatic rings. The first-order chi connectivity index (χ1) is 8.20. The predicted octanol–water partition coefficient (Wildman–Crippen LogP) is 3.44. The Bertz CT molecular complexity index is 362. The molecule has 1 N–H and O–H groups in total. The van der Waals surface area contributed by atoms with Crippen molar-refractivity contribution in [1.29, 1.82) is 0 Å². The standard InChI is InChI=1S/C14H19NOS/c1-12(2)13(3)11-17-15-9-10-16-14-7-5-4-6-8-14/h4-8,15H,1,3,9-11H2,2H3. The maximum Gasteiger partial charge on any atom is 0.119 e. The Morgan fingerprint density at radius 1 is 1.29 bits per heavy atom. The number of allylic oxidation sites excluding steroid dienone is 1. The Balaban J connectivity index is 2.02. The minimum Gasteiger partial charge on any atom is -0.492 e. The lowest BCUT2D eigenvalue weighted by Gasteiger charge is -2.08. The van der Waals surface area contributed by atoms with Crippen LogP contribution in [-0.4, -0.2) is 18.9 Å². The molecule has 92 valence electrons. The summed E-state index contributed by atoms with van der Waals surface area (Å²) in [5.74, 6) is 1.77. The van der Waals surface area contributed by atoms with Crippen LogP contribution in [0, 0.1) is 0 Å². The Morgan fingerprint density at radius 3 is 2.65 bits per heavy atom. The zero-order valence-corrected chi connectivity index (χ0v) is 11.1. The third-order valence-corrected chi connectivity index (χ3v) is 3.07. The largest absolute Gasteiger partial charge is 0.492 e. The third kappa shape index (κ3) is 6.19. The van der Waals surface area contributed by atoms with Crippen molar-refractivity contribution in [2.45, 2.75) is 6.92 Å². The molecule has 0 unspecified atom stereocenters. The summed E-state index contributed by atoms with van der Waals surface area (Å²) in [6.45, 7) is 11.2. The molecule has 3 heteroatoms. The molecule has 0 bridgehead atoms.